The minimum Gasteiger partial charge on any atom is 0 e. The molecule has 0 saturated heterocycles. The Balaban J connectivity index is 0. The van der Waals surface area contributed by atoms with Crippen LogP contribution in [0.5, 0.6) is 0 Å². The van der Waals surface area contributed by atoms with Crippen LogP contribution in [0.4, 0.5) is 0 Å². The molecule has 0 aromatic carbocycles. The van der Waals surface area contributed by atoms with Gasteiger partial charge in [0.05, 0.1) is 0 Å². The summed E-state index contributed by atoms with van der Waals surface area (Å²) in [5.41, 5.74) is 0. The van der Waals surface area contributed by atoms with Gasteiger partial charge in [0.1, 0.15) is 0 Å². The molecule has 0 fully saturated rings. The van der Waals surface area contributed by atoms with E-state index in [-0.39, 0.29) is 100 Å². The molecule has 0 saturated carbocycles. The molecule has 0 spiro atoms. The molecule has 0 unspecified atom stereocenters. The van der Waals surface area contributed by atoms with Gasteiger partial charge in [-0.2, -0.15) is 0 Å². The minimum atomic E-state index is 0. The first-order valence-electron chi connectivity index (χ1n) is 0. The Bertz CT molecular complexity index is 9.61. The van der Waals surface area contributed by atoms with Crippen LogP contribution in [0.2, 0.25) is 0 Å². The molecule has 0 amide bonds. The van der Waals surface area contributed by atoms with E-state index in [4.69, 9.17) is 0 Å². The van der Waals surface area contributed by atoms with Gasteiger partial charge in [-0.1, -0.05) is 0 Å². The van der Waals surface area contributed by atoms with Crippen molar-refractivity contribution < 1.29 is 100 Å². The predicted octanol–water partition coefficient (Wildman–Crippen LogP) is -0.0125. The second-order valence-electron chi connectivity index (χ2n) is 0. The fourth-order valence-electron chi connectivity index (χ4n) is 0. The minimum absolute atomic E-state index is 0. The Morgan fingerprint density at radius 3 is 0.800 bits per heavy atom. The van der Waals surface area contributed by atoms with Gasteiger partial charge in [0.15, 0.2) is 0 Å². The Hall–Kier alpha value is 3.19. The summed E-state index contributed by atoms with van der Waals surface area (Å²) in [4.78, 5) is 0. The van der Waals surface area contributed by atoms with Crippen molar-refractivity contribution in [1.82, 2.24) is 0 Å². The smallest absolute Gasteiger partial charge is 0 e. The van der Waals surface area contributed by atoms with Crippen LogP contribution in [-0.2, 0) is 100 Å². The van der Waals surface area contributed by atoms with E-state index in [1.165, 1.54) is 0 Å². The molecule has 5 heteroatoms. The summed E-state index contributed by atoms with van der Waals surface area (Å²) < 4.78 is 0. The van der Waals surface area contributed by atoms with Gasteiger partial charge in [-0.25, -0.2) is 0 Å². The molecule has 0 aromatic rings. The maximum Gasteiger partial charge on any atom is 0 e. The summed E-state index contributed by atoms with van der Waals surface area (Å²) in [5, 5.41) is 0. The average Bonchev–Trinajstić information content (AvgIpc) is 0. The van der Waals surface area contributed by atoms with Gasteiger partial charge in [-0.15, -0.1) is 0 Å². The third-order valence-corrected chi connectivity index (χ3v) is 0. The van der Waals surface area contributed by atoms with Gasteiger partial charge in [0.2, 0.25) is 0 Å². The maximum absolute atomic E-state index is 0. The first kappa shape index (κ1) is 41.6. The Morgan fingerprint density at radius 1 is 0.800 bits per heavy atom. The van der Waals surface area contributed by atoms with E-state index in [1.807, 2.05) is 0 Å². The second-order valence-corrected chi connectivity index (χ2v) is 0. The van der Waals surface area contributed by atoms with Crippen LogP contribution in [0.1, 0.15) is 0 Å². The van der Waals surface area contributed by atoms with Crippen LogP contribution in [0.3, 0.4) is 0 Å². The van der Waals surface area contributed by atoms with Crippen molar-refractivity contribution in [3.8, 4) is 0 Å². The molecule has 0 nitrogen and oxygen atoms in total. The molecule has 43 valence electrons. The number of hydrogen-bond acceptors (Lipinski definition) is 0. The third-order valence-electron chi connectivity index (χ3n) is 0. The van der Waals surface area contributed by atoms with Crippen LogP contribution in [0, 0.1) is 0 Å². The molecule has 0 rings (SSSR count). The standard InChI is InChI=1S/Ag.Cr.2Cu.Zr. The molecule has 5 heavy (non-hydrogen) atoms. The van der Waals surface area contributed by atoms with Gasteiger partial charge in [0.25, 0.3) is 0 Å². The summed E-state index contributed by atoms with van der Waals surface area (Å²) in [5.74, 6) is 0. The van der Waals surface area contributed by atoms with E-state index in [1.54, 1.807) is 0 Å². The van der Waals surface area contributed by atoms with Crippen LogP contribution in [-0.4, -0.2) is 0 Å². The molecule has 0 aliphatic carbocycles. The zero-order valence-electron chi connectivity index (χ0n) is 1.81. The van der Waals surface area contributed by atoms with Crippen molar-refractivity contribution in [2.45, 2.75) is 0 Å². The Kier molecular flexibility index (Phi) is 225. The van der Waals surface area contributed by atoms with Gasteiger partial charge >= 0.3 is 0 Å². The van der Waals surface area contributed by atoms with E-state index in [9.17, 15) is 0 Å². The molecule has 3 radical (unpaired) electrons. The number of hydrogen-bond donors (Lipinski definition) is 0. The molecule has 0 aromatic heterocycles. The Morgan fingerprint density at radius 2 is 0.800 bits per heavy atom. The Labute approximate surface area is 98.3 Å². The molecule has 0 bridgehead atoms. The largest absolute Gasteiger partial charge is 0 e. The summed E-state index contributed by atoms with van der Waals surface area (Å²) in [6.07, 6.45) is 0. The quantitative estimate of drug-likeness (QED) is 0.521. The van der Waals surface area contributed by atoms with Crippen LogP contribution in [0.15, 0.2) is 0 Å². The topological polar surface area (TPSA) is 0 Å². The zero-order chi connectivity index (χ0) is 0. The summed E-state index contributed by atoms with van der Waals surface area (Å²) >= 11 is 0. The van der Waals surface area contributed by atoms with Crippen molar-refractivity contribution >= 4 is 0 Å². The second kappa shape index (κ2) is 27.1. The fourth-order valence-corrected chi connectivity index (χ4v) is 0. The van der Waals surface area contributed by atoms with Crippen LogP contribution < -0.4 is 0 Å². The van der Waals surface area contributed by atoms with E-state index in [2.05, 4.69) is 0 Å². The van der Waals surface area contributed by atoms with Crippen molar-refractivity contribution in [2.75, 3.05) is 0 Å². The zero-order valence-corrected chi connectivity index (χ0v) is 8.91. The number of rotatable bonds is 0. The van der Waals surface area contributed by atoms with Gasteiger partial charge in [-0.3, -0.25) is 0 Å². The molecule has 0 N–H and O–H groups in total. The van der Waals surface area contributed by atoms with Gasteiger partial charge < -0.3 is 0 Å². The van der Waals surface area contributed by atoms with Crippen LogP contribution >= 0.6 is 0 Å². The van der Waals surface area contributed by atoms with Crippen molar-refractivity contribution in [3.63, 3.8) is 0 Å². The fraction of sp³-hybridized carbons (Fsp3) is 0. The SMILES string of the molecule is [Ag].[Cr].[Cu].[Cu].[Zr]. The average molecular weight is 378 g/mol. The van der Waals surface area contributed by atoms with Crippen molar-refractivity contribution in [1.29, 1.82) is 0 Å². The normalized spacial score (nSPS) is 0. The first-order chi connectivity index (χ1) is 0. The summed E-state index contributed by atoms with van der Waals surface area (Å²) in [6.45, 7) is 0. The van der Waals surface area contributed by atoms with E-state index in [0.717, 1.165) is 0 Å². The van der Waals surface area contributed by atoms with Crippen molar-refractivity contribution in [2.24, 2.45) is 0 Å². The molecule has 0 aliphatic rings. The molecule has 0 heterocycles. The maximum atomic E-state index is 0. The van der Waals surface area contributed by atoms with Gasteiger partial charge in [0, 0.05) is 100 Å². The summed E-state index contributed by atoms with van der Waals surface area (Å²) in [7, 11) is 0. The molecule has 0 atom stereocenters. The predicted molar refractivity (Wildman–Crippen MR) is 0 cm³/mol. The van der Waals surface area contributed by atoms with Crippen molar-refractivity contribution in [3.05, 3.63) is 0 Å². The van der Waals surface area contributed by atoms with E-state index in [0.29, 0.717) is 0 Å². The van der Waals surface area contributed by atoms with Gasteiger partial charge in [-0.05, 0) is 0 Å². The molecule has 0 aliphatic heterocycles. The molecular formula is AgCrCu2Zr. The molecular weight excluding hydrogens is 378 g/mol. The third kappa shape index (κ3) is 19.0. The first-order valence-corrected chi connectivity index (χ1v) is 0. The monoisotopic (exact) mass is 375 g/mol. The van der Waals surface area contributed by atoms with Crippen LogP contribution in [0.25, 0.3) is 0 Å². The summed E-state index contributed by atoms with van der Waals surface area (Å²) in [6, 6.07) is 0. The van der Waals surface area contributed by atoms with E-state index >= 15 is 0 Å². The van der Waals surface area contributed by atoms with E-state index < -0.39 is 0 Å².